The molecule has 3 fully saturated rings. The van der Waals surface area contributed by atoms with E-state index in [2.05, 4.69) is 20.3 Å². The first kappa shape index (κ1) is 34.6. The Balaban J connectivity index is 1.44. The van der Waals surface area contributed by atoms with E-state index in [9.17, 15) is 27.6 Å². The van der Waals surface area contributed by atoms with Crippen LogP contribution in [0, 0.1) is 11.3 Å². The summed E-state index contributed by atoms with van der Waals surface area (Å²) in [5.74, 6) is -1.75. The second kappa shape index (κ2) is 13.8. The van der Waals surface area contributed by atoms with Gasteiger partial charge < -0.3 is 25.0 Å². The first-order valence-electron chi connectivity index (χ1n) is 16.6. The predicted molar refractivity (Wildman–Crippen MR) is 173 cm³/mol. The molecule has 47 heavy (non-hydrogen) atoms. The maximum atomic E-state index is 14.3. The van der Waals surface area contributed by atoms with Crippen LogP contribution < -0.4 is 20.1 Å². The first-order chi connectivity index (χ1) is 22.2. The molecule has 4 amide bonds. The van der Waals surface area contributed by atoms with Crippen molar-refractivity contribution in [3.8, 4) is 5.88 Å². The average molecular weight is 674 g/mol. The highest BCUT2D eigenvalue weighted by Crippen LogP contribution is 2.47. The van der Waals surface area contributed by atoms with Crippen LogP contribution in [-0.2, 0) is 29.1 Å². The van der Waals surface area contributed by atoms with Gasteiger partial charge in [0.25, 0.3) is 5.91 Å². The number of amides is 4. The fourth-order valence-corrected chi connectivity index (χ4v) is 7.71. The van der Waals surface area contributed by atoms with Crippen LogP contribution in [0.25, 0.3) is 6.08 Å². The zero-order valence-corrected chi connectivity index (χ0v) is 28.4. The third-order valence-electron chi connectivity index (χ3n) is 9.40. The Hall–Kier alpha value is -3.68. The first-order valence-corrected chi connectivity index (χ1v) is 18.2. The van der Waals surface area contributed by atoms with E-state index in [1.165, 1.54) is 4.90 Å². The number of aromatic nitrogens is 1. The summed E-state index contributed by atoms with van der Waals surface area (Å²) < 4.78 is 39.2. The van der Waals surface area contributed by atoms with Gasteiger partial charge in [0.1, 0.15) is 23.7 Å². The van der Waals surface area contributed by atoms with E-state index in [0.29, 0.717) is 31.6 Å². The van der Waals surface area contributed by atoms with E-state index in [0.717, 1.165) is 24.8 Å². The maximum Gasteiger partial charge on any atom is 0.407 e. The molecule has 2 bridgehead atoms. The van der Waals surface area contributed by atoms with E-state index in [4.69, 9.17) is 9.47 Å². The summed E-state index contributed by atoms with van der Waals surface area (Å²) in [4.78, 5) is 60.4. The quantitative estimate of drug-likeness (QED) is 0.410. The Bertz CT molecular complexity index is 1500. The van der Waals surface area contributed by atoms with Crippen molar-refractivity contribution >= 4 is 39.9 Å². The molecule has 0 radical (unpaired) electrons. The van der Waals surface area contributed by atoms with E-state index in [1.54, 1.807) is 12.3 Å². The van der Waals surface area contributed by atoms with Crippen LogP contribution in [0.15, 0.2) is 24.4 Å². The molecular weight excluding hydrogens is 626 g/mol. The average Bonchev–Trinajstić information content (AvgIpc) is 3.93. The predicted octanol–water partition coefficient (Wildman–Crippen LogP) is 3.05. The number of allylic oxidation sites excluding steroid dienone is 1. The van der Waals surface area contributed by atoms with Crippen LogP contribution in [0.3, 0.4) is 0 Å². The summed E-state index contributed by atoms with van der Waals surface area (Å²) in [7, 11) is -3.84. The molecule has 2 saturated carbocycles. The maximum absolute atomic E-state index is 14.3. The Morgan fingerprint density at radius 1 is 1.17 bits per heavy atom. The molecule has 2 aliphatic heterocycles. The van der Waals surface area contributed by atoms with Crippen LogP contribution in [0.2, 0.25) is 0 Å². The zero-order valence-electron chi connectivity index (χ0n) is 27.6. The lowest BCUT2D eigenvalue weighted by molar-refractivity contribution is -0.143. The number of alkyl carbamates (subject to hydrolysis) is 1. The van der Waals surface area contributed by atoms with Crippen molar-refractivity contribution in [3.05, 3.63) is 30.0 Å². The molecule has 4 aliphatic rings. The summed E-state index contributed by atoms with van der Waals surface area (Å²) in [6, 6.07) is 1.58. The number of nitrogens with one attached hydrogen (secondary N) is 3. The van der Waals surface area contributed by atoms with E-state index < -0.39 is 68.2 Å². The largest absolute Gasteiger partial charge is 0.472 e. The van der Waals surface area contributed by atoms with Gasteiger partial charge in [-0.3, -0.25) is 19.1 Å². The van der Waals surface area contributed by atoms with Gasteiger partial charge in [-0.25, -0.2) is 18.2 Å². The minimum absolute atomic E-state index is 0.0203. The summed E-state index contributed by atoms with van der Waals surface area (Å²) >= 11 is 0. The van der Waals surface area contributed by atoms with Crippen LogP contribution >= 0.6 is 0 Å². The Morgan fingerprint density at radius 3 is 2.62 bits per heavy atom. The van der Waals surface area contributed by atoms with Crippen molar-refractivity contribution in [2.24, 2.45) is 11.3 Å². The number of carbonyl (C=O) groups is 4. The number of hydrogen-bond donors (Lipinski definition) is 3. The smallest absolute Gasteiger partial charge is 0.407 e. The van der Waals surface area contributed by atoms with Crippen molar-refractivity contribution in [2.75, 3.05) is 13.2 Å². The number of rotatable bonds is 6. The van der Waals surface area contributed by atoms with Crippen molar-refractivity contribution in [2.45, 2.75) is 114 Å². The Kier molecular flexibility index (Phi) is 10.2. The lowest BCUT2D eigenvalue weighted by atomic mass is 9.85. The molecule has 0 unspecified atom stereocenters. The highest BCUT2D eigenvalue weighted by Gasteiger charge is 2.62. The van der Waals surface area contributed by atoms with Gasteiger partial charge in [-0.05, 0) is 68.4 Å². The number of ether oxygens (including phenoxy) is 2. The van der Waals surface area contributed by atoms with Gasteiger partial charge in [-0.1, -0.05) is 46.3 Å². The molecule has 14 heteroatoms. The second-order valence-electron chi connectivity index (χ2n) is 14.2. The van der Waals surface area contributed by atoms with E-state index in [-0.39, 0.29) is 31.9 Å². The van der Waals surface area contributed by atoms with Crippen molar-refractivity contribution in [3.63, 3.8) is 0 Å². The minimum Gasteiger partial charge on any atom is -0.472 e. The summed E-state index contributed by atoms with van der Waals surface area (Å²) in [6.07, 6.45) is 9.36. The fraction of sp³-hybridized carbons (Fsp3) is 0.667. The molecule has 1 aromatic heterocycles. The molecule has 5 rings (SSSR count). The van der Waals surface area contributed by atoms with Crippen LogP contribution in [0.4, 0.5) is 4.79 Å². The standard InChI is InChI=1S/C33H47N5O8S/c1-5-22-19-33(22,30(41)37-47(43,44)24-14-15-24)36-27(39)25-18-23-20-38(25)29(40)26(32(2,3)4)35-31(42)45-17-10-8-6-7-9-12-21-13-11-16-34-28(21)46-23/h9,11-13,16,22-26H,5-8,10,14-15,17-20H2,1-4H3,(H,35,42)(H,36,39)(H,37,41)/b12-9+/t22-,23-,25+,26-,33-/m1/s1. The van der Waals surface area contributed by atoms with Crippen molar-refractivity contribution in [1.29, 1.82) is 0 Å². The van der Waals surface area contributed by atoms with Crippen LogP contribution in [-0.4, -0.2) is 84.2 Å². The molecule has 5 atom stereocenters. The van der Waals surface area contributed by atoms with Crippen molar-refractivity contribution in [1.82, 2.24) is 25.2 Å². The normalized spacial score (nSPS) is 29.6. The molecule has 0 spiro atoms. The van der Waals surface area contributed by atoms with E-state index in [1.807, 2.05) is 45.9 Å². The lowest BCUT2D eigenvalue weighted by Gasteiger charge is -2.35. The van der Waals surface area contributed by atoms with Crippen LogP contribution in [0.5, 0.6) is 5.88 Å². The third kappa shape index (κ3) is 8.07. The SMILES string of the molecule is CC[C@@H]1C[C@]1(NC(=O)[C@@H]1C[C@@H]2CN1C(=O)[C@H](C(C)(C)C)NC(=O)OCCCCC/C=C/c1cccnc1O2)C(=O)NS(=O)(=O)C1CC1. The van der Waals surface area contributed by atoms with Gasteiger partial charge in [0.2, 0.25) is 27.7 Å². The number of fused-ring (bicyclic) bond motifs is 3. The summed E-state index contributed by atoms with van der Waals surface area (Å²) in [6.45, 7) is 7.52. The highest BCUT2D eigenvalue weighted by molar-refractivity contribution is 7.91. The van der Waals surface area contributed by atoms with E-state index >= 15 is 0 Å². The Labute approximate surface area is 276 Å². The number of sulfonamides is 1. The molecule has 1 aromatic rings. The number of pyridine rings is 1. The fourth-order valence-electron chi connectivity index (χ4n) is 6.35. The van der Waals surface area contributed by atoms with Crippen LogP contribution in [0.1, 0.15) is 91.0 Å². The number of hydrogen-bond acceptors (Lipinski definition) is 9. The van der Waals surface area contributed by atoms with Gasteiger partial charge in [0.05, 0.1) is 18.4 Å². The second-order valence-corrected chi connectivity index (χ2v) is 16.1. The van der Waals surface area contributed by atoms with Gasteiger partial charge in [0, 0.05) is 18.2 Å². The zero-order chi connectivity index (χ0) is 34.0. The minimum atomic E-state index is -3.84. The summed E-state index contributed by atoms with van der Waals surface area (Å²) in [5, 5.41) is 4.98. The lowest BCUT2D eigenvalue weighted by Crippen LogP contribution is -2.60. The highest BCUT2D eigenvalue weighted by atomic mass is 32.2. The van der Waals surface area contributed by atoms with Gasteiger partial charge in [0.15, 0.2) is 0 Å². The monoisotopic (exact) mass is 673 g/mol. The molecule has 3 N–H and O–H groups in total. The molecule has 0 aromatic carbocycles. The molecule has 1 saturated heterocycles. The van der Waals surface area contributed by atoms with Gasteiger partial charge >= 0.3 is 6.09 Å². The van der Waals surface area contributed by atoms with Crippen molar-refractivity contribution < 1.29 is 37.1 Å². The molecule has 3 heterocycles. The summed E-state index contributed by atoms with van der Waals surface area (Å²) in [5.41, 5.74) is -1.39. The van der Waals surface area contributed by atoms with Gasteiger partial charge in [-0.2, -0.15) is 0 Å². The topological polar surface area (TPSA) is 173 Å². The molecule has 2 aliphatic carbocycles. The number of cyclic esters (lactones) is 1. The molecule has 258 valence electrons. The van der Waals surface area contributed by atoms with Gasteiger partial charge in [-0.15, -0.1) is 0 Å². The number of carbonyl (C=O) groups excluding carboxylic acids is 4. The third-order valence-corrected chi connectivity index (χ3v) is 11.2. The molecule has 13 nitrogen and oxygen atoms in total. The number of nitrogens with zero attached hydrogens (tertiary/aromatic N) is 2. The Morgan fingerprint density at radius 2 is 1.94 bits per heavy atom. The molecular formula is C33H47N5O8S.